The number of carbonyl (C=O) groups is 1. The van der Waals surface area contributed by atoms with Crippen LogP contribution in [0.15, 0.2) is 30.3 Å². The summed E-state index contributed by atoms with van der Waals surface area (Å²) in [5.74, 6) is 3.26. The number of carbonyl (C=O) groups excluding carboxylic acids is 1. The molecule has 1 aromatic heterocycles. The lowest BCUT2D eigenvalue weighted by atomic mass is 10.0. The van der Waals surface area contributed by atoms with Crippen molar-refractivity contribution in [1.29, 1.82) is 0 Å². The Morgan fingerprint density at radius 3 is 2.68 bits per heavy atom. The molecule has 1 amide bonds. The largest absolute Gasteiger partial charge is 0.302 e. The van der Waals surface area contributed by atoms with Crippen LogP contribution in [0, 0.1) is 12.8 Å². The highest BCUT2D eigenvalue weighted by Crippen LogP contribution is 2.35. The van der Waals surface area contributed by atoms with Crippen molar-refractivity contribution in [3.8, 4) is 0 Å². The van der Waals surface area contributed by atoms with Gasteiger partial charge < -0.3 is 4.90 Å². The maximum absolute atomic E-state index is 12.7. The van der Waals surface area contributed by atoms with Crippen LogP contribution in [0.25, 0.3) is 0 Å². The molecule has 0 unspecified atom stereocenters. The van der Waals surface area contributed by atoms with Gasteiger partial charge in [0.05, 0.1) is 6.54 Å². The first-order valence-corrected chi connectivity index (χ1v) is 10.6. The van der Waals surface area contributed by atoms with Crippen molar-refractivity contribution in [2.24, 2.45) is 5.92 Å². The third kappa shape index (κ3) is 3.55. The van der Waals surface area contributed by atoms with Gasteiger partial charge in [-0.3, -0.25) is 9.69 Å². The average Bonchev–Trinajstić information content (AvgIpc) is 3.39. The fourth-order valence-corrected chi connectivity index (χ4v) is 4.59. The van der Waals surface area contributed by atoms with Crippen LogP contribution >= 0.6 is 0 Å². The zero-order valence-electron chi connectivity index (χ0n) is 16.6. The van der Waals surface area contributed by atoms with Gasteiger partial charge in [-0.05, 0) is 50.6 Å². The van der Waals surface area contributed by atoms with Crippen molar-refractivity contribution in [2.75, 3.05) is 24.5 Å². The Morgan fingerprint density at radius 1 is 1.07 bits per heavy atom. The van der Waals surface area contributed by atoms with Crippen LogP contribution in [0.4, 0.5) is 5.82 Å². The van der Waals surface area contributed by atoms with Gasteiger partial charge in [0.1, 0.15) is 11.6 Å². The first kappa shape index (κ1) is 17.8. The van der Waals surface area contributed by atoms with E-state index in [0.29, 0.717) is 18.9 Å². The Morgan fingerprint density at radius 2 is 1.89 bits per heavy atom. The molecule has 146 valence electrons. The zero-order valence-corrected chi connectivity index (χ0v) is 16.6. The number of rotatable bonds is 5. The number of aromatic nitrogens is 2. The van der Waals surface area contributed by atoms with Crippen molar-refractivity contribution in [2.45, 2.75) is 51.5 Å². The number of nitrogens with zero attached hydrogens (tertiary/aromatic N) is 4. The van der Waals surface area contributed by atoms with Crippen LogP contribution in [-0.4, -0.2) is 40.4 Å². The Hall–Kier alpha value is -2.27. The molecule has 2 fully saturated rings. The Bertz CT molecular complexity index is 878. The molecule has 0 bridgehead atoms. The minimum Gasteiger partial charge on any atom is -0.302 e. The van der Waals surface area contributed by atoms with E-state index in [1.807, 2.05) is 23.1 Å². The molecule has 1 aromatic carbocycles. The molecule has 5 nitrogen and oxygen atoms in total. The average molecular weight is 377 g/mol. The number of hydrogen-bond donors (Lipinski definition) is 0. The zero-order chi connectivity index (χ0) is 19.1. The van der Waals surface area contributed by atoms with Crippen molar-refractivity contribution >= 4 is 11.7 Å². The Labute approximate surface area is 166 Å². The van der Waals surface area contributed by atoms with E-state index in [9.17, 15) is 4.79 Å². The van der Waals surface area contributed by atoms with Crippen LogP contribution in [0.2, 0.25) is 0 Å². The van der Waals surface area contributed by atoms with Crippen LogP contribution in [0.3, 0.4) is 0 Å². The van der Waals surface area contributed by atoms with Gasteiger partial charge in [-0.15, -0.1) is 0 Å². The molecule has 0 radical (unpaired) electrons. The fraction of sp³-hybridized carbons (Fsp3) is 0.522. The van der Waals surface area contributed by atoms with Gasteiger partial charge in [-0.2, -0.15) is 0 Å². The van der Waals surface area contributed by atoms with E-state index in [4.69, 9.17) is 9.97 Å². The number of aryl methyl sites for hydroxylation is 1. The number of anilines is 1. The molecule has 3 heterocycles. The van der Waals surface area contributed by atoms with Gasteiger partial charge in [-0.25, -0.2) is 9.97 Å². The van der Waals surface area contributed by atoms with E-state index in [2.05, 4.69) is 24.0 Å². The molecule has 5 heteroatoms. The second kappa shape index (κ2) is 7.28. The summed E-state index contributed by atoms with van der Waals surface area (Å²) in [6.45, 7) is 6.10. The van der Waals surface area contributed by atoms with E-state index >= 15 is 0 Å². The quantitative estimate of drug-likeness (QED) is 0.802. The van der Waals surface area contributed by atoms with Gasteiger partial charge >= 0.3 is 0 Å². The molecule has 5 rings (SSSR count). The van der Waals surface area contributed by atoms with E-state index in [0.717, 1.165) is 60.3 Å². The van der Waals surface area contributed by atoms with E-state index < -0.39 is 0 Å². The van der Waals surface area contributed by atoms with E-state index in [1.165, 1.54) is 19.4 Å². The third-order valence-corrected chi connectivity index (χ3v) is 6.39. The highest BCUT2D eigenvalue weighted by atomic mass is 16.2. The molecule has 1 aliphatic carbocycles. The summed E-state index contributed by atoms with van der Waals surface area (Å²) in [6, 6.07) is 10.2. The monoisotopic (exact) mass is 376 g/mol. The number of benzene rings is 1. The first-order chi connectivity index (χ1) is 13.7. The molecule has 0 spiro atoms. The molecule has 1 saturated carbocycles. The second-order valence-electron chi connectivity index (χ2n) is 8.62. The van der Waals surface area contributed by atoms with E-state index in [1.54, 1.807) is 0 Å². The lowest BCUT2D eigenvalue weighted by Gasteiger charge is -2.30. The fourth-order valence-electron chi connectivity index (χ4n) is 4.59. The Kier molecular flexibility index (Phi) is 4.63. The second-order valence-corrected chi connectivity index (χ2v) is 8.62. The maximum atomic E-state index is 12.7. The van der Waals surface area contributed by atoms with Gasteiger partial charge in [0.25, 0.3) is 0 Å². The summed E-state index contributed by atoms with van der Waals surface area (Å²) in [5, 5.41) is 0. The minimum atomic E-state index is 0.169. The predicted molar refractivity (Wildman–Crippen MR) is 109 cm³/mol. The molecular formula is C23H28N4O. The number of fused-ring (bicyclic) bond motifs is 1. The van der Waals surface area contributed by atoms with Crippen molar-refractivity contribution in [1.82, 2.24) is 14.9 Å². The number of hydrogen-bond acceptors (Lipinski definition) is 4. The molecule has 1 saturated heterocycles. The van der Waals surface area contributed by atoms with Crippen LogP contribution in [-0.2, 0) is 17.8 Å². The van der Waals surface area contributed by atoms with Crippen LogP contribution in [0.5, 0.6) is 0 Å². The van der Waals surface area contributed by atoms with Gasteiger partial charge in [0.15, 0.2) is 0 Å². The molecule has 0 N–H and O–H groups in total. The van der Waals surface area contributed by atoms with Crippen molar-refractivity contribution < 1.29 is 4.79 Å². The minimum absolute atomic E-state index is 0.169. The van der Waals surface area contributed by atoms with Crippen LogP contribution in [0.1, 0.15) is 54.2 Å². The topological polar surface area (TPSA) is 49.3 Å². The summed E-state index contributed by atoms with van der Waals surface area (Å²) >= 11 is 0. The molecule has 3 aliphatic rings. The summed E-state index contributed by atoms with van der Waals surface area (Å²) < 4.78 is 0. The highest BCUT2D eigenvalue weighted by Gasteiger charge is 2.33. The lowest BCUT2D eigenvalue weighted by molar-refractivity contribution is -0.119. The summed E-state index contributed by atoms with van der Waals surface area (Å²) in [6.07, 6.45) is 5.21. The lowest BCUT2D eigenvalue weighted by Crippen LogP contribution is -2.36. The molecule has 1 atom stereocenters. The molecule has 2 aromatic rings. The predicted octanol–water partition coefficient (Wildman–Crippen LogP) is 3.46. The van der Waals surface area contributed by atoms with Crippen molar-refractivity contribution in [3.63, 3.8) is 0 Å². The van der Waals surface area contributed by atoms with Crippen LogP contribution < -0.4 is 4.90 Å². The smallest absolute Gasteiger partial charge is 0.228 e. The third-order valence-electron chi connectivity index (χ3n) is 6.39. The van der Waals surface area contributed by atoms with E-state index in [-0.39, 0.29) is 5.91 Å². The summed E-state index contributed by atoms with van der Waals surface area (Å²) in [7, 11) is 0. The van der Waals surface area contributed by atoms with Gasteiger partial charge in [0.2, 0.25) is 5.91 Å². The normalized spacial score (nSPS) is 22.5. The van der Waals surface area contributed by atoms with Gasteiger partial charge in [-0.1, -0.05) is 30.3 Å². The standard InChI is InChI=1S/C23H28N4O/c1-16-20-9-10-21(28)27(14-17-5-3-2-4-6-17)23(20)25-22(24-16)19-11-12-26(15-19)13-18-7-8-18/h2-6,18-19H,7-15H2,1H3/t19-/m0/s1. The number of likely N-dealkylation sites (tertiary alicyclic amines) is 1. The van der Waals surface area contributed by atoms with Crippen molar-refractivity contribution in [3.05, 3.63) is 53.0 Å². The molecular weight excluding hydrogens is 348 g/mol. The molecule has 28 heavy (non-hydrogen) atoms. The summed E-state index contributed by atoms with van der Waals surface area (Å²) in [5.41, 5.74) is 3.33. The highest BCUT2D eigenvalue weighted by molar-refractivity contribution is 5.95. The maximum Gasteiger partial charge on any atom is 0.228 e. The summed E-state index contributed by atoms with van der Waals surface area (Å²) in [4.78, 5) is 27.1. The molecule has 2 aliphatic heterocycles. The first-order valence-electron chi connectivity index (χ1n) is 10.6. The number of amides is 1. The van der Waals surface area contributed by atoms with Gasteiger partial charge in [0, 0.05) is 36.7 Å². The SMILES string of the molecule is Cc1nc([C@H]2CCN(CC3CC3)C2)nc2c1CCC(=O)N2Cc1ccccc1. The Balaban J connectivity index is 1.42.